The summed E-state index contributed by atoms with van der Waals surface area (Å²) in [6, 6.07) is 8.53. The summed E-state index contributed by atoms with van der Waals surface area (Å²) in [6.07, 6.45) is 0.935. The number of carbonyl (C=O) groups is 1. The Bertz CT molecular complexity index is 1080. The molecule has 0 aromatic heterocycles. The summed E-state index contributed by atoms with van der Waals surface area (Å²) in [5.41, 5.74) is 0.428. The second kappa shape index (κ2) is 7.78. The summed E-state index contributed by atoms with van der Waals surface area (Å²) in [5.74, 6) is -0.727. The Hall–Kier alpha value is -3.01. The minimum atomic E-state index is -3.77. The number of ketones is 1. The number of sulfone groups is 1. The van der Waals surface area contributed by atoms with Gasteiger partial charge in [-0.15, -0.1) is 0 Å². The van der Waals surface area contributed by atoms with Gasteiger partial charge in [-0.2, -0.15) is 0 Å². The van der Waals surface area contributed by atoms with Crippen LogP contribution < -0.4 is 9.80 Å². The smallest absolute Gasteiger partial charge is 0.311 e. The average molecular weight is 421 g/mol. The minimum Gasteiger partial charge on any atom is -0.366 e. The Morgan fingerprint density at radius 3 is 2.14 bits per heavy atom. The van der Waals surface area contributed by atoms with E-state index in [0.29, 0.717) is 31.9 Å². The van der Waals surface area contributed by atoms with Crippen molar-refractivity contribution in [1.82, 2.24) is 0 Å². The van der Waals surface area contributed by atoms with Gasteiger partial charge in [0, 0.05) is 38.0 Å². The number of anilines is 2. The summed E-state index contributed by atoms with van der Waals surface area (Å²) < 4.78 is 38.3. The standard InChI is InChI=1S/C19H20FN3O5S/c1-13(24)14-6-7-16(15(20)12-14)21-8-10-22(11-9-21)17-4-3-5-18(29(2,27)28)19(17)23(25)26/h3-7,12H,8-11H2,1-2H3. The molecule has 29 heavy (non-hydrogen) atoms. The Labute approximate surface area is 167 Å². The highest BCUT2D eigenvalue weighted by Gasteiger charge is 2.30. The van der Waals surface area contributed by atoms with Gasteiger partial charge in [-0.3, -0.25) is 14.9 Å². The zero-order valence-electron chi connectivity index (χ0n) is 16.0. The van der Waals surface area contributed by atoms with Crippen molar-refractivity contribution in [2.24, 2.45) is 0 Å². The van der Waals surface area contributed by atoms with Crippen molar-refractivity contribution in [2.45, 2.75) is 11.8 Å². The van der Waals surface area contributed by atoms with Crippen LogP contribution in [0.5, 0.6) is 0 Å². The Kier molecular flexibility index (Phi) is 5.56. The van der Waals surface area contributed by atoms with E-state index in [0.717, 1.165) is 6.26 Å². The molecule has 10 heteroatoms. The Balaban J connectivity index is 1.85. The van der Waals surface area contributed by atoms with Crippen LogP contribution in [-0.2, 0) is 9.84 Å². The van der Waals surface area contributed by atoms with E-state index in [1.807, 2.05) is 0 Å². The van der Waals surface area contributed by atoms with Gasteiger partial charge >= 0.3 is 5.69 Å². The van der Waals surface area contributed by atoms with E-state index in [1.165, 1.54) is 31.2 Å². The van der Waals surface area contributed by atoms with Crippen molar-refractivity contribution >= 4 is 32.7 Å². The number of rotatable bonds is 5. The predicted molar refractivity (Wildman–Crippen MR) is 107 cm³/mol. The molecule has 0 bridgehead atoms. The minimum absolute atomic E-state index is 0.224. The van der Waals surface area contributed by atoms with Crippen LogP contribution in [0.1, 0.15) is 17.3 Å². The first kappa shape index (κ1) is 20.7. The molecule has 1 heterocycles. The lowest BCUT2D eigenvalue weighted by Gasteiger charge is -2.37. The van der Waals surface area contributed by atoms with Crippen LogP contribution in [0.4, 0.5) is 21.5 Å². The van der Waals surface area contributed by atoms with Gasteiger partial charge in [0.15, 0.2) is 15.6 Å². The summed E-state index contributed by atoms with van der Waals surface area (Å²) in [4.78, 5) is 25.5. The average Bonchev–Trinajstić information content (AvgIpc) is 2.66. The number of hydrogen-bond donors (Lipinski definition) is 0. The van der Waals surface area contributed by atoms with Crippen molar-refractivity contribution in [1.29, 1.82) is 0 Å². The van der Waals surface area contributed by atoms with E-state index < -0.39 is 26.3 Å². The van der Waals surface area contributed by atoms with Gasteiger partial charge in [-0.25, -0.2) is 12.8 Å². The molecule has 1 saturated heterocycles. The largest absolute Gasteiger partial charge is 0.366 e. The van der Waals surface area contributed by atoms with Crippen LogP contribution in [0.3, 0.4) is 0 Å². The number of piperazine rings is 1. The van der Waals surface area contributed by atoms with Crippen LogP contribution in [0, 0.1) is 15.9 Å². The van der Waals surface area contributed by atoms with Crippen LogP contribution in [0.25, 0.3) is 0 Å². The van der Waals surface area contributed by atoms with Crippen LogP contribution >= 0.6 is 0 Å². The normalized spacial score (nSPS) is 14.7. The lowest BCUT2D eigenvalue weighted by molar-refractivity contribution is -0.387. The van der Waals surface area contributed by atoms with E-state index in [-0.39, 0.29) is 21.9 Å². The quantitative estimate of drug-likeness (QED) is 0.416. The third kappa shape index (κ3) is 4.21. The third-order valence-electron chi connectivity index (χ3n) is 4.88. The molecule has 1 aliphatic heterocycles. The molecule has 0 aliphatic carbocycles. The number of benzene rings is 2. The van der Waals surface area contributed by atoms with Gasteiger partial charge < -0.3 is 9.80 Å². The summed E-state index contributed by atoms with van der Waals surface area (Å²) in [7, 11) is -3.77. The van der Waals surface area contributed by atoms with Crippen molar-refractivity contribution in [3.8, 4) is 0 Å². The molecular weight excluding hydrogens is 401 g/mol. The molecule has 0 N–H and O–H groups in total. The molecule has 0 saturated carbocycles. The first-order chi connectivity index (χ1) is 13.6. The highest BCUT2D eigenvalue weighted by atomic mass is 32.2. The zero-order valence-corrected chi connectivity index (χ0v) is 16.8. The number of Topliss-reactive ketones (excluding diaryl/α,β-unsaturated/α-hetero) is 1. The maximum absolute atomic E-state index is 14.4. The molecule has 2 aromatic rings. The van der Waals surface area contributed by atoms with E-state index in [9.17, 15) is 27.7 Å². The highest BCUT2D eigenvalue weighted by Crippen LogP contribution is 2.35. The van der Waals surface area contributed by atoms with Crippen LogP contribution in [0.2, 0.25) is 0 Å². The zero-order chi connectivity index (χ0) is 21.3. The molecule has 154 valence electrons. The molecule has 3 rings (SSSR count). The predicted octanol–water partition coefficient (Wildman–Crippen LogP) is 2.67. The maximum atomic E-state index is 14.4. The van der Waals surface area contributed by atoms with Gasteiger partial charge in [0.2, 0.25) is 0 Å². The Morgan fingerprint density at radius 1 is 1.07 bits per heavy atom. The molecule has 0 unspecified atom stereocenters. The topological polar surface area (TPSA) is 101 Å². The first-order valence-corrected chi connectivity index (χ1v) is 10.8. The van der Waals surface area contributed by atoms with Crippen LogP contribution in [-0.4, -0.2) is 51.6 Å². The molecule has 0 amide bonds. The van der Waals surface area contributed by atoms with Gasteiger partial charge in [0.05, 0.1) is 10.6 Å². The number of hydrogen-bond acceptors (Lipinski definition) is 7. The van der Waals surface area contributed by atoms with E-state index in [2.05, 4.69) is 0 Å². The van der Waals surface area contributed by atoms with Gasteiger partial charge in [-0.1, -0.05) is 6.07 Å². The maximum Gasteiger partial charge on any atom is 0.311 e. The lowest BCUT2D eigenvalue weighted by atomic mass is 10.1. The van der Waals surface area contributed by atoms with Crippen LogP contribution in [0.15, 0.2) is 41.3 Å². The molecule has 8 nitrogen and oxygen atoms in total. The number of nitro benzene ring substituents is 1. The Morgan fingerprint density at radius 2 is 1.66 bits per heavy atom. The fourth-order valence-electron chi connectivity index (χ4n) is 3.42. The number of carbonyl (C=O) groups excluding carboxylic acids is 1. The summed E-state index contributed by atoms with van der Waals surface area (Å²) >= 11 is 0. The van der Waals surface area contributed by atoms with Gasteiger partial charge in [0.1, 0.15) is 16.4 Å². The second-order valence-electron chi connectivity index (χ2n) is 6.85. The number of nitrogens with zero attached hydrogens (tertiary/aromatic N) is 3. The van der Waals surface area contributed by atoms with E-state index in [1.54, 1.807) is 21.9 Å². The van der Waals surface area contributed by atoms with Gasteiger partial charge in [-0.05, 0) is 37.3 Å². The first-order valence-electron chi connectivity index (χ1n) is 8.87. The molecule has 1 aliphatic rings. The van der Waals surface area contributed by atoms with Crippen molar-refractivity contribution in [3.05, 3.63) is 57.9 Å². The summed E-state index contributed by atoms with van der Waals surface area (Å²) in [6.45, 7) is 2.84. The number of nitro groups is 1. The molecule has 0 spiro atoms. The van der Waals surface area contributed by atoms with E-state index >= 15 is 0 Å². The third-order valence-corrected chi connectivity index (χ3v) is 6.00. The molecule has 0 radical (unpaired) electrons. The van der Waals surface area contributed by atoms with Crippen molar-refractivity contribution in [3.63, 3.8) is 0 Å². The van der Waals surface area contributed by atoms with Gasteiger partial charge in [0.25, 0.3) is 0 Å². The molecule has 2 aromatic carbocycles. The van der Waals surface area contributed by atoms with Crippen molar-refractivity contribution < 1.29 is 22.5 Å². The lowest BCUT2D eigenvalue weighted by Crippen LogP contribution is -2.47. The number of para-hydroxylation sites is 1. The number of halogens is 1. The second-order valence-corrected chi connectivity index (χ2v) is 8.83. The highest BCUT2D eigenvalue weighted by molar-refractivity contribution is 7.90. The fraction of sp³-hybridized carbons (Fsp3) is 0.316. The van der Waals surface area contributed by atoms with Crippen molar-refractivity contribution in [2.75, 3.05) is 42.2 Å². The SMILES string of the molecule is CC(=O)c1ccc(N2CCN(c3cccc(S(C)(=O)=O)c3[N+](=O)[O-])CC2)c(F)c1. The molecule has 1 fully saturated rings. The summed E-state index contributed by atoms with van der Waals surface area (Å²) in [5, 5.41) is 11.6. The fourth-order valence-corrected chi connectivity index (χ4v) is 4.28. The molecule has 0 atom stereocenters. The monoisotopic (exact) mass is 421 g/mol. The molecular formula is C19H20FN3O5S. The van der Waals surface area contributed by atoms with E-state index in [4.69, 9.17) is 0 Å².